The average Bonchev–Trinajstić information content (AvgIpc) is 2.46. The molecule has 0 N–H and O–H groups in total. The second-order valence-corrected chi connectivity index (χ2v) is 3.92. The normalized spacial score (nSPS) is 27.3. The van der Waals surface area contributed by atoms with Gasteiger partial charge in [0.2, 0.25) is 0 Å². The van der Waals surface area contributed by atoms with Crippen molar-refractivity contribution in [2.45, 2.75) is 52.1 Å². The Bertz CT molecular complexity index is 212. The third kappa shape index (κ3) is 2.96. The van der Waals surface area contributed by atoms with Crippen LogP contribution in [-0.2, 0) is 19.0 Å². The quantitative estimate of drug-likeness (QED) is 0.650. The van der Waals surface area contributed by atoms with Crippen LogP contribution in [0.3, 0.4) is 0 Å². The first-order valence-corrected chi connectivity index (χ1v) is 4.96. The SMILES string of the molecule is CCC(=O)OC(C)[C@H]1COC(C)(C)O1. The van der Waals surface area contributed by atoms with Crippen LogP contribution in [0.4, 0.5) is 0 Å². The van der Waals surface area contributed by atoms with Gasteiger partial charge in [0.1, 0.15) is 12.2 Å². The van der Waals surface area contributed by atoms with Crippen molar-refractivity contribution in [3.63, 3.8) is 0 Å². The van der Waals surface area contributed by atoms with Gasteiger partial charge >= 0.3 is 5.97 Å². The predicted octanol–water partition coefficient (Wildman–Crippen LogP) is 1.48. The molecule has 0 aromatic heterocycles. The summed E-state index contributed by atoms with van der Waals surface area (Å²) in [7, 11) is 0. The van der Waals surface area contributed by atoms with Gasteiger partial charge in [-0.2, -0.15) is 0 Å². The first kappa shape index (κ1) is 11.5. The van der Waals surface area contributed by atoms with Crippen molar-refractivity contribution in [3.05, 3.63) is 0 Å². The van der Waals surface area contributed by atoms with Crippen molar-refractivity contribution < 1.29 is 19.0 Å². The van der Waals surface area contributed by atoms with E-state index in [0.717, 1.165) is 0 Å². The maximum Gasteiger partial charge on any atom is 0.305 e. The molecule has 1 unspecified atom stereocenters. The summed E-state index contributed by atoms with van der Waals surface area (Å²) in [4.78, 5) is 11.0. The zero-order chi connectivity index (χ0) is 10.8. The molecule has 1 aliphatic rings. The first-order chi connectivity index (χ1) is 6.44. The largest absolute Gasteiger partial charge is 0.460 e. The molecule has 0 aromatic rings. The van der Waals surface area contributed by atoms with Gasteiger partial charge in [0.05, 0.1) is 6.61 Å². The molecule has 1 heterocycles. The molecule has 4 heteroatoms. The Morgan fingerprint density at radius 1 is 1.64 bits per heavy atom. The Labute approximate surface area is 84.5 Å². The van der Waals surface area contributed by atoms with Gasteiger partial charge in [0.15, 0.2) is 5.79 Å². The molecule has 82 valence electrons. The fourth-order valence-corrected chi connectivity index (χ4v) is 1.31. The first-order valence-electron chi connectivity index (χ1n) is 4.96. The van der Waals surface area contributed by atoms with E-state index in [1.165, 1.54) is 0 Å². The highest BCUT2D eigenvalue weighted by atomic mass is 16.7. The highest BCUT2D eigenvalue weighted by molar-refractivity contribution is 5.69. The lowest BCUT2D eigenvalue weighted by atomic mass is 10.2. The molecule has 0 amide bonds. The van der Waals surface area contributed by atoms with Gasteiger partial charge in [-0.1, -0.05) is 6.92 Å². The van der Waals surface area contributed by atoms with Crippen molar-refractivity contribution in [2.24, 2.45) is 0 Å². The van der Waals surface area contributed by atoms with E-state index in [1.54, 1.807) is 6.92 Å². The Morgan fingerprint density at radius 2 is 2.29 bits per heavy atom. The highest BCUT2D eigenvalue weighted by Gasteiger charge is 2.37. The lowest BCUT2D eigenvalue weighted by molar-refractivity contribution is -0.168. The third-order valence-corrected chi connectivity index (χ3v) is 2.16. The minimum absolute atomic E-state index is 0.152. The molecule has 0 spiro atoms. The molecule has 0 saturated carbocycles. The summed E-state index contributed by atoms with van der Waals surface area (Å²) in [6, 6.07) is 0. The fourth-order valence-electron chi connectivity index (χ4n) is 1.31. The van der Waals surface area contributed by atoms with Gasteiger partial charge in [0.25, 0.3) is 0 Å². The Hall–Kier alpha value is -0.610. The summed E-state index contributed by atoms with van der Waals surface area (Å²) >= 11 is 0. The molecule has 4 nitrogen and oxygen atoms in total. The molecular formula is C10H18O4. The Morgan fingerprint density at radius 3 is 2.71 bits per heavy atom. The zero-order valence-electron chi connectivity index (χ0n) is 9.20. The molecule has 1 aliphatic heterocycles. The van der Waals surface area contributed by atoms with Crippen LogP contribution in [0.15, 0.2) is 0 Å². The van der Waals surface area contributed by atoms with Crippen LogP contribution in [0.2, 0.25) is 0 Å². The van der Waals surface area contributed by atoms with Crippen LogP contribution in [-0.4, -0.2) is 30.6 Å². The summed E-state index contributed by atoms with van der Waals surface area (Å²) in [6.07, 6.45) is -0.00821. The number of hydrogen-bond donors (Lipinski definition) is 0. The molecule has 1 fully saturated rings. The number of carbonyl (C=O) groups excluding carboxylic acids is 1. The summed E-state index contributed by atoms with van der Waals surface area (Å²) < 4.78 is 16.1. The number of hydrogen-bond acceptors (Lipinski definition) is 4. The van der Waals surface area contributed by atoms with E-state index in [9.17, 15) is 4.79 Å². The third-order valence-electron chi connectivity index (χ3n) is 2.16. The maximum absolute atomic E-state index is 11.0. The molecule has 0 radical (unpaired) electrons. The maximum atomic E-state index is 11.0. The summed E-state index contributed by atoms with van der Waals surface area (Å²) in [5.41, 5.74) is 0. The predicted molar refractivity (Wildman–Crippen MR) is 50.7 cm³/mol. The van der Waals surface area contributed by atoms with Crippen LogP contribution in [0.25, 0.3) is 0 Å². The summed E-state index contributed by atoms with van der Waals surface area (Å²) in [5, 5.41) is 0. The van der Waals surface area contributed by atoms with Crippen molar-refractivity contribution in [1.82, 2.24) is 0 Å². The zero-order valence-corrected chi connectivity index (χ0v) is 9.20. The van der Waals surface area contributed by atoms with Crippen LogP contribution in [0, 0.1) is 0 Å². The lowest BCUT2D eigenvalue weighted by Crippen LogP contribution is -2.32. The minimum atomic E-state index is -0.558. The van der Waals surface area contributed by atoms with Crippen molar-refractivity contribution in [1.29, 1.82) is 0 Å². The standard InChI is InChI=1S/C10H18O4/c1-5-9(11)13-7(2)8-6-12-10(3,4)14-8/h7-8H,5-6H2,1-4H3/t7?,8-/m1/s1. The van der Waals surface area contributed by atoms with E-state index in [4.69, 9.17) is 14.2 Å². The van der Waals surface area contributed by atoms with Gasteiger partial charge in [0, 0.05) is 6.42 Å². The number of rotatable bonds is 3. The average molecular weight is 202 g/mol. The topological polar surface area (TPSA) is 44.8 Å². The van der Waals surface area contributed by atoms with Gasteiger partial charge in [-0.25, -0.2) is 0 Å². The van der Waals surface area contributed by atoms with E-state index >= 15 is 0 Å². The van der Waals surface area contributed by atoms with E-state index in [0.29, 0.717) is 13.0 Å². The minimum Gasteiger partial charge on any atom is -0.460 e. The smallest absolute Gasteiger partial charge is 0.305 e. The number of carbonyl (C=O) groups is 1. The second kappa shape index (κ2) is 4.28. The highest BCUT2D eigenvalue weighted by Crippen LogP contribution is 2.25. The molecule has 2 atom stereocenters. The van der Waals surface area contributed by atoms with Crippen LogP contribution in [0.5, 0.6) is 0 Å². The molecule has 14 heavy (non-hydrogen) atoms. The lowest BCUT2D eigenvalue weighted by Gasteiger charge is -2.21. The van der Waals surface area contributed by atoms with Crippen LogP contribution >= 0.6 is 0 Å². The monoisotopic (exact) mass is 202 g/mol. The van der Waals surface area contributed by atoms with Crippen molar-refractivity contribution >= 4 is 5.97 Å². The van der Waals surface area contributed by atoms with E-state index in [1.807, 2.05) is 20.8 Å². The molecular weight excluding hydrogens is 184 g/mol. The van der Waals surface area contributed by atoms with Gasteiger partial charge in [-0.3, -0.25) is 4.79 Å². The van der Waals surface area contributed by atoms with E-state index in [-0.39, 0.29) is 18.2 Å². The summed E-state index contributed by atoms with van der Waals surface area (Å²) in [5.74, 6) is -0.761. The van der Waals surface area contributed by atoms with Crippen LogP contribution in [0.1, 0.15) is 34.1 Å². The van der Waals surface area contributed by atoms with Gasteiger partial charge in [-0.15, -0.1) is 0 Å². The molecule has 1 saturated heterocycles. The van der Waals surface area contributed by atoms with Crippen LogP contribution < -0.4 is 0 Å². The summed E-state index contributed by atoms with van der Waals surface area (Å²) in [6.45, 7) is 7.77. The van der Waals surface area contributed by atoms with Crippen molar-refractivity contribution in [3.8, 4) is 0 Å². The van der Waals surface area contributed by atoms with E-state index in [2.05, 4.69) is 0 Å². The molecule has 0 aliphatic carbocycles. The van der Waals surface area contributed by atoms with Gasteiger partial charge < -0.3 is 14.2 Å². The number of ether oxygens (including phenoxy) is 3. The Balaban J connectivity index is 2.39. The fraction of sp³-hybridized carbons (Fsp3) is 0.900. The molecule has 0 aromatic carbocycles. The molecule has 0 bridgehead atoms. The van der Waals surface area contributed by atoms with Gasteiger partial charge in [-0.05, 0) is 20.8 Å². The van der Waals surface area contributed by atoms with Crippen molar-refractivity contribution in [2.75, 3.05) is 6.61 Å². The molecule has 1 rings (SSSR count). The number of esters is 1. The van der Waals surface area contributed by atoms with E-state index < -0.39 is 5.79 Å². The Kier molecular flexibility index (Phi) is 3.50. The second-order valence-electron chi connectivity index (χ2n) is 3.92.